The minimum absolute atomic E-state index is 0.0960. The van der Waals surface area contributed by atoms with E-state index in [1.165, 1.54) is 11.3 Å². The molecular weight excluding hydrogens is 376 g/mol. The molecule has 5 nitrogen and oxygen atoms in total. The third kappa shape index (κ3) is 6.75. The number of rotatable bonds is 10. The molecule has 0 aromatic carbocycles. The van der Waals surface area contributed by atoms with Crippen molar-refractivity contribution in [1.82, 2.24) is 10.0 Å². The number of ether oxygens (including phenoxy) is 1. The van der Waals surface area contributed by atoms with Gasteiger partial charge in [0.15, 0.2) is 0 Å². The molecule has 0 bridgehead atoms. The van der Waals surface area contributed by atoms with Crippen LogP contribution in [0.5, 0.6) is 0 Å². The highest BCUT2D eigenvalue weighted by molar-refractivity contribution is 9.11. The summed E-state index contributed by atoms with van der Waals surface area (Å²) in [5.74, 6) is 0. The molecule has 1 aromatic rings. The van der Waals surface area contributed by atoms with Crippen LogP contribution in [-0.4, -0.2) is 34.2 Å². The van der Waals surface area contributed by atoms with Gasteiger partial charge in [0.1, 0.15) is 4.90 Å². The average molecular weight is 399 g/mol. The van der Waals surface area contributed by atoms with Crippen LogP contribution in [0.25, 0.3) is 0 Å². The first-order valence-corrected chi connectivity index (χ1v) is 10.1. The summed E-state index contributed by atoms with van der Waals surface area (Å²) in [5.41, 5.74) is 0. The number of hydrogen-bond acceptors (Lipinski definition) is 5. The molecule has 0 unspecified atom stereocenters. The lowest BCUT2D eigenvalue weighted by molar-refractivity contribution is 0.0834. The molecule has 1 aromatic heterocycles. The van der Waals surface area contributed by atoms with Crippen LogP contribution >= 0.6 is 27.3 Å². The molecule has 0 amide bonds. The fourth-order valence-electron chi connectivity index (χ4n) is 1.60. The lowest BCUT2D eigenvalue weighted by Gasteiger charge is -2.08. The van der Waals surface area contributed by atoms with Gasteiger partial charge >= 0.3 is 0 Å². The molecule has 122 valence electrons. The van der Waals surface area contributed by atoms with Crippen molar-refractivity contribution in [2.75, 3.05) is 19.7 Å². The van der Waals surface area contributed by atoms with E-state index in [9.17, 15) is 8.42 Å². The van der Waals surface area contributed by atoms with Gasteiger partial charge in [-0.3, -0.25) is 0 Å². The zero-order valence-corrected chi connectivity index (χ0v) is 15.8. The van der Waals surface area contributed by atoms with E-state index < -0.39 is 10.0 Å². The molecule has 1 heterocycles. The number of thiophene rings is 1. The zero-order valence-electron chi connectivity index (χ0n) is 12.6. The Hall–Kier alpha value is 0.01000. The number of halogens is 1. The third-order valence-electron chi connectivity index (χ3n) is 2.57. The van der Waals surface area contributed by atoms with Crippen LogP contribution in [0, 0.1) is 0 Å². The fourth-order valence-corrected chi connectivity index (χ4v) is 5.27. The molecule has 0 radical (unpaired) electrons. The highest BCUT2D eigenvalue weighted by Gasteiger charge is 2.20. The molecule has 0 aliphatic rings. The van der Waals surface area contributed by atoms with E-state index in [-0.39, 0.29) is 12.6 Å². The van der Waals surface area contributed by atoms with Gasteiger partial charge in [-0.25, -0.2) is 13.1 Å². The molecule has 0 aliphatic carbocycles. The largest absolute Gasteiger partial charge is 0.377 e. The molecule has 0 aliphatic heterocycles. The number of sulfonamides is 1. The summed E-state index contributed by atoms with van der Waals surface area (Å²) in [4.78, 5) is 1.29. The molecular formula is C13H23BrN2O3S2. The van der Waals surface area contributed by atoms with Crippen molar-refractivity contribution in [3.05, 3.63) is 14.7 Å². The molecule has 0 saturated carbocycles. The average Bonchev–Trinajstić information content (AvgIpc) is 2.77. The van der Waals surface area contributed by atoms with Gasteiger partial charge in [-0.2, -0.15) is 0 Å². The predicted molar refractivity (Wildman–Crippen MR) is 90.3 cm³/mol. The summed E-state index contributed by atoms with van der Waals surface area (Å²) in [5, 5.41) is 3.26. The fraction of sp³-hybridized carbons (Fsp3) is 0.692. The van der Waals surface area contributed by atoms with Crippen molar-refractivity contribution in [1.29, 1.82) is 0 Å². The summed E-state index contributed by atoms with van der Waals surface area (Å²) in [7, 11) is -3.49. The van der Waals surface area contributed by atoms with Crippen LogP contribution in [0.2, 0.25) is 0 Å². The second-order valence-electron chi connectivity index (χ2n) is 4.84. The van der Waals surface area contributed by atoms with Crippen LogP contribution in [-0.2, 0) is 21.3 Å². The summed E-state index contributed by atoms with van der Waals surface area (Å²) in [6.45, 7) is 8.16. The lowest BCUT2D eigenvalue weighted by atomic mass is 10.4. The van der Waals surface area contributed by atoms with Crippen molar-refractivity contribution in [2.24, 2.45) is 0 Å². The highest BCUT2D eigenvalue weighted by Crippen LogP contribution is 2.31. The molecule has 0 fully saturated rings. The number of hydrogen-bond donors (Lipinski definition) is 2. The Morgan fingerprint density at radius 1 is 1.38 bits per heavy atom. The highest BCUT2D eigenvalue weighted by atomic mass is 79.9. The van der Waals surface area contributed by atoms with E-state index in [1.807, 2.05) is 13.8 Å². The number of nitrogens with one attached hydrogen (secondary N) is 2. The van der Waals surface area contributed by atoms with Gasteiger partial charge in [0.05, 0.1) is 16.5 Å². The van der Waals surface area contributed by atoms with Crippen molar-refractivity contribution in [2.45, 2.75) is 44.7 Å². The maximum Gasteiger partial charge on any atom is 0.242 e. The van der Waals surface area contributed by atoms with E-state index in [0.29, 0.717) is 21.8 Å². The van der Waals surface area contributed by atoms with E-state index in [0.717, 1.165) is 17.8 Å². The smallest absolute Gasteiger partial charge is 0.242 e. The van der Waals surface area contributed by atoms with Crippen LogP contribution < -0.4 is 10.0 Å². The second kappa shape index (κ2) is 9.22. The molecule has 0 spiro atoms. The van der Waals surface area contributed by atoms with Crippen molar-refractivity contribution in [3.63, 3.8) is 0 Å². The maximum absolute atomic E-state index is 12.2. The van der Waals surface area contributed by atoms with Gasteiger partial charge in [0.2, 0.25) is 10.0 Å². The quantitative estimate of drug-likeness (QED) is 0.594. The third-order valence-corrected chi connectivity index (χ3v) is 6.28. The Balaban J connectivity index is 2.61. The van der Waals surface area contributed by atoms with Gasteiger partial charge in [-0.1, -0.05) is 6.92 Å². The van der Waals surface area contributed by atoms with Gasteiger partial charge < -0.3 is 10.1 Å². The Labute approximate surface area is 139 Å². The van der Waals surface area contributed by atoms with E-state index in [1.54, 1.807) is 6.07 Å². The van der Waals surface area contributed by atoms with Crippen LogP contribution in [0.15, 0.2) is 14.7 Å². The first-order chi connectivity index (χ1) is 9.86. The second-order valence-corrected chi connectivity index (χ2v) is 9.03. The molecule has 1 rings (SSSR count). The molecule has 8 heteroatoms. The van der Waals surface area contributed by atoms with E-state index in [2.05, 4.69) is 32.9 Å². The van der Waals surface area contributed by atoms with Crippen LogP contribution in [0.4, 0.5) is 0 Å². The van der Waals surface area contributed by atoms with Crippen molar-refractivity contribution >= 4 is 37.3 Å². The Kier molecular flexibility index (Phi) is 8.36. The SMILES string of the molecule is CCCNCc1cc(S(=O)(=O)NCCOC(C)C)c(Br)s1. The Bertz CT molecular complexity index is 530. The minimum Gasteiger partial charge on any atom is -0.377 e. The van der Waals surface area contributed by atoms with Gasteiger partial charge in [0.25, 0.3) is 0 Å². The lowest BCUT2D eigenvalue weighted by Crippen LogP contribution is -2.28. The first kappa shape index (κ1) is 19.1. The standard InChI is InChI=1S/C13H23BrN2O3S2/c1-4-5-15-9-11-8-12(13(14)20-11)21(17,18)16-6-7-19-10(2)3/h8,10,15-16H,4-7,9H2,1-3H3. The normalized spacial score (nSPS) is 12.2. The predicted octanol–water partition coefficient (Wildman–Crippen LogP) is 2.71. The van der Waals surface area contributed by atoms with Gasteiger partial charge in [-0.15, -0.1) is 11.3 Å². The van der Waals surface area contributed by atoms with Gasteiger partial charge in [0, 0.05) is 18.0 Å². The molecule has 2 N–H and O–H groups in total. The van der Waals surface area contributed by atoms with Gasteiger partial charge in [-0.05, 0) is 48.8 Å². The minimum atomic E-state index is -3.49. The Morgan fingerprint density at radius 3 is 2.71 bits per heavy atom. The van der Waals surface area contributed by atoms with Crippen molar-refractivity contribution in [3.8, 4) is 0 Å². The zero-order chi connectivity index (χ0) is 15.9. The van der Waals surface area contributed by atoms with Crippen molar-refractivity contribution < 1.29 is 13.2 Å². The molecule has 21 heavy (non-hydrogen) atoms. The van der Waals surface area contributed by atoms with Crippen LogP contribution in [0.3, 0.4) is 0 Å². The molecule has 0 saturated heterocycles. The maximum atomic E-state index is 12.2. The topological polar surface area (TPSA) is 67.4 Å². The first-order valence-electron chi connectivity index (χ1n) is 6.97. The summed E-state index contributed by atoms with van der Waals surface area (Å²) < 4.78 is 33.0. The summed E-state index contributed by atoms with van der Waals surface area (Å²) in [6.07, 6.45) is 1.15. The van der Waals surface area contributed by atoms with E-state index in [4.69, 9.17) is 4.74 Å². The van der Waals surface area contributed by atoms with Crippen LogP contribution in [0.1, 0.15) is 32.1 Å². The van der Waals surface area contributed by atoms with E-state index >= 15 is 0 Å². The monoisotopic (exact) mass is 398 g/mol. The summed E-state index contributed by atoms with van der Waals surface area (Å²) in [6, 6.07) is 1.71. The summed E-state index contributed by atoms with van der Waals surface area (Å²) >= 11 is 4.77. The molecule has 0 atom stereocenters. The Morgan fingerprint density at radius 2 is 2.10 bits per heavy atom.